The number of likely N-dealkylation sites (tertiary alicyclic amines) is 1. The number of nitrogens with zero attached hydrogens (tertiary/aromatic N) is 2. The molecule has 3 fully saturated rings. The van der Waals surface area contributed by atoms with Gasteiger partial charge in [0.15, 0.2) is 0 Å². The van der Waals surface area contributed by atoms with Gasteiger partial charge in [0.05, 0.1) is 6.26 Å². The van der Waals surface area contributed by atoms with Crippen LogP contribution in [0.25, 0.3) is 0 Å². The van der Waals surface area contributed by atoms with Crippen molar-refractivity contribution in [3.63, 3.8) is 0 Å². The van der Waals surface area contributed by atoms with E-state index >= 15 is 0 Å². The fourth-order valence-corrected chi connectivity index (χ4v) is 5.81. The smallest absolute Gasteiger partial charge is 0.225 e. The first kappa shape index (κ1) is 19.1. The molecule has 0 bridgehead atoms. The van der Waals surface area contributed by atoms with E-state index in [4.69, 9.17) is 9.47 Å². The maximum absolute atomic E-state index is 12.8. The fraction of sp³-hybridized carbons (Fsp3) is 0.941. The lowest BCUT2D eigenvalue weighted by atomic mass is 9.96. The summed E-state index contributed by atoms with van der Waals surface area (Å²) in [7, 11) is -3.32. The van der Waals surface area contributed by atoms with Gasteiger partial charge in [0.1, 0.15) is 0 Å². The summed E-state index contributed by atoms with van der Waals surface area (Å²) in [4.78, 5) is 14.7. The molecule has 1 atom stereocenters. The number of carbonyl (C=O) groups excluding carboxylic acids is 1. The van der Waals surface area contributed by atoms with Gasteiger partial charge in [-0.3, -0.25) is 4.79 Å². The quantitative estimate of drug-likeness (QED) is 0.729. The van der Waals surface area contributed by atoms with Crippen LogP contribution in [0.3, 0.4) is 0 Å². The van der Waals surface area contributed by atoms with Gasteiger partial charge in [0.2, 0.25) is 15.9 Å². The Morgan fingerprint density at radius 3 is 2.16 bits per heavy atom. The van der Waals surface area contributed by atoms with E-state index < -0.39 is 10.0 Å². The fourth-order valence-electron chi connectivity index (χ4n) is 4.34. The van der Waals surface area contributed by atoms with Crippen molar-refractivity contribution in [1.82, 2.24) is 9.21 Å². The maximum Gasteiger partial charge on any atom is 0.225 e. The van der Waals surface area contributed by atoms with E-state index in [1.54, 1.807) is 4.31 Å². The molecule has 144 valence electrons. The summed E-state index contributed by atoms with van der Waals surface area (Å²) in [5.41, 5.74) is 0. The normalized spacial score (nSPS) is 27.6. The van der Waals surface area contributed by atoms with Crippen molar-refractivity contribution in [3.8, 4) is 0 Å². The molecule has 1 amide bonds. The van der Waals surface area contributed by atoms with Gasteiger partial charge in [-0.1, -0.05) is 0 Å². The van der Waals surface area contributed by atoms with Gasteiger partial charge in [-0.15, -0.1) is 0 Å². The Bertz CT molecular complexity index is 555. The zero-order valence-electron chi connectivity index (χ0n) is 15.1. The number of amides is 1. The third-order valence-corrected chi connectivity index (χ3v) is 6.93. The highest BCUT2D eigenvalue weighted by atomic mass is 32.2. The summed E-state index contributed by atoms with van der Waals surface area (Å²) in [5, 5.41) is 0. The largest absolute Gasteiger partial charge is 0.381 e. The number of carbonyl (C=O) groups is 1. The molecule has 0 saturated carbocycles. The molecular weight excluding hydrogens is 344 g/mol. The molecule has 0 aromatic carbocycles. The summed E-state index contributed by atoms with van der Waals surface area (Å²) in [6, 6.07) is -0.123. The second-order valence-corrected chi connectivity index (χ2v) is 9.29. The molecule has 0 N–H and O–H groups in total. The van der Waals surface area contributed by atoms with Gasteiger partial charge in [-0.25, -0.2) is 8.42 Å². The topological polar surface area (TPSA) is 76.2 Å². The average molecular weight is 375 g/mol. The van der Waals surface area contributed by atoms with E-state index in [-0.39, 0.29) is 23.9 Å². The van der Waals surface area contributed by atoms with Crippen LogP contribution < -0.4 is 0 Å². The van der Waals surface area contributed by atoms with Crippen LogP contribution in [0.1, 0.15) is 38.5 Å². The van der Waals surface area contributed by atoms with Crippen LogP contribution in [0.2, 0.25) is 0 Å². The van der Waals surface area contributed by atoms with Gasteiger partial charge in [0, 0.05) is 57.5 Å². The lowest BCUT2D eigenvalue weighted by molar-refractivity contribution is -0.140. The summed E-state index contributed by atoms with van der Waals surface area (Å²) in [6.07, 6.45) is 5.99. The highest BCUT2D eigenvalue weighted by Gasteiger charge is 2.38. The van der Waals surface area contributed by atoms with Crippen molar-refractivity contribution in [1.29, 1.82) is 0 Å². The molecule has 3 aliphatic heterocycles. The Hall–Kier alpha value is -0.700. The van der Waals surface area contributed by atoms with Crippen molar-refractivity contribution in [2.24, 2.45) is 5.92 Å². The van der Waals surface area contributed by atoms with Crippen molar-refractivity contribution in [2.45, 2.75) is 50.6 Å². The maximum atomic E-state index is 12.8. The molecule has 3 rings (SSSR count). The molecule has 0 aliphatic carbocycles. The minimum absolute atomic E-state index is 0.00752. The summed E-state index contributed by atoms with van der Waals surface area (Å²) in [5.74, 6) is 0.204. The summed E-state index contributed by atoms with van der Waals surface area (Å²) >= 11 is 0. The zero-order chi connectivity index (χ0) is 17.9. The summed E-state index contributed by atoms with van der Waals surface area (Å²) in [6.45, 7) is 3.75. The molecular formula is C17H30N2O5S. The van der Waals surface area contributed by atoms with Gasteiger partial charge in [-0.05, 0) is 38.5 Å². The predicted molar refractivity (Wildman–Crippen MR) is 93.7 cm³/mol. The Kier molecular flexibility index (Phi) is 6.35. The molecule has 1 unspecified atom stereocenters. The highest BCUT2D eigenvalue weighted by Crippen LogP contribution is 2.27. The van der Waals surface area contributed by atoms with Gasteiger partial charge in [-0.2, -0.15) is 4.31 Å². The van der Waals surface area contributed by atoms with Crippen LogP contribution in [-0.2, 0) is 24.3 Å². The molecule has 0 radical (unpaired) electrons. The molecule has 25 heavy (non-hydrogen) atoms. The van der Waals surface area contributed by atoms with Gasteiger partial charge >= 0.3 is 0 Å². The van der Waals surface area contributed by atoms with Crippen LogP contribution >= 0.6 is 0 Å². The molecule has 3 heterocycles. The standard InChI is InChI=1S/C17H30N2O5S/c1-25(21,22)19(15-6-11-24-12-7-15)16-3-2-8-18(13-16)17(20)14-4-9-23-10-5-14/h14-16H,2-13H2,1H3. The van der Waals surface area contributed by atoms with Crippen LogP contribution in [0.5, 0.6) is 0 Å². The van der Waals surface area contributed by atoms with E-state index in [9.17, 15) is 13.2 Å². The molecule has 0 aromatic rings. The van der Waals surface area contributed by atoms with Crippen molar-refractivity contribution < 1.29 is 22.7 Å². The summed E-state index contributed by atoms with van der Waals surface area (Å²) < 4.78 is 37.4. The number of hydrogen-bond acceptors (Lipinski definition) is 5. The third kappa shape index (κ3) is 4.72. The molecule has 3 saturated heterocycles. The van der Waals surface area contributed by atoms with Gasteiger partial charge < -0.3 is 14.4 Å². The Morgan fingerprint density at radius 1 is 0.960 bits per heavy atom. The second-order valence-electron chi connectivity index (χ2n) is 7.40. The van der Waals surface area contributed by atoms with E-state index in [1.807, 2.05) is 4.90 Å². The highest BCUT2D eigenvalue weighted by molar-refractivity contribution is 7.88. The van der Waals surface area contributed by atoms with E-state index in [0.29, 0.717) is 33.0 Å². The van der Waals surface area contributed by atoms with E-state index in [0.717, 1.165) is 45.1 Å². The predicted octanol–water partition coefficient (Wildman–Crippen LogP) is 0.845. The molecule has 0 aromatic heterocycles. The number of sulfonamides is 1. The molecule has 8 heteroatoms. The minimum Gasteiger partial charge on any atom is -0.381 e. The van der Waals surface area contributed by atoms with Crippen molar-refractivity contribution >= 4 is 15.9 Å². The third-order valence-electron chi connectivity index (χ3n) is 5.57. The zero-order valence-corrected chi connectivity index (χ0v) is 15.9. The first-order chi connectivity index (χ1) is 12.0. The second kappa shape index (κ2) is 8.33. The monoisotopic (exact) mass is 374 g/mol. The number of hydrogen-bond donors (Lipinski definition) is 0. The van der Waals surface area contributed by atoms with Crippen LogP contribution in [0.15, 0.2) is 0 Å². The molecule has 7 nitrogen and oxygen atoms in total. The SMILES string of the molecule is CS(=O)(=O)N(C1CCOCC1)C1CCCN(C(=O)C2CCOCC2)C1. The number of piperidine rings is 1. The van der Waals surface area contributed by atoms with E-state index in [1.165, 1.54) is 6.26 Å². The first-order valence-corrected chi connectivity index (χ1v) is 11.2. The number of rotatable bonds is 4. The Labute approximate surface area is 150 Å². The lowest BCUT2D eigenvalue weighted by Gasteiger charge is -2.43. The lowest BCUT2D eigenvalue weighted by Crippen LogP contribution is -2.56. The van der Waals surface area contributed by atoms with Gasteiger partial charge in [0.25, 0.3) is 0 Å². The van der Waals surface area contributed by atoms with Crippen LogP contribution in [0.4, 0.5) is 0 Å². The minimum atomic E-state index is -3.32. The van der Waals surface area contributed by atoms with E-state index in [2.05, 4.69) is 0 Å². The number of ether oxygens (including phenoxy) is 2. The van der Waals surface area contributed by atoms with Crippen LogP contribution in [0, 0.1) is 5.92 Å². The van der Waals surface area contributed by atoms with Crippen molar-refractivity contribution in [3.05, 3.63) is 0 Å². The average Bonchev–Trinajstić information content (AvgIpc) is 2.62. The van der Waals surface area contributed by atoms with Crippen LogP contribution in [-0.4, -0.2) is 81.4 Å². The first-order valence-electron chi connectivity index (χ1n) is 9.39. The van der Waals surface area contributed by atoms with Crippen molar-refractivity contribution in [2.75, 3.05) is 45.8 Å². The molecule has 3 aliphatic rings. The molecule has 0 spiro atoms. The Balaban J connectivity index is 1.70. The Morgan fingerprint density at radius 2 is 1.56 bits per heavy atom.